The lowest BCUT2D eigenvalue weighted by Crippen LogP contribution is -2.13. The molecular formula is C42H40N2O4S. The number of hydrogen-bond acceptors (Lipinski definition) is 6. The van der Waals surface area contributed by atoms with Gasteiger partial charge in [0.1, 0.15) is 23.7 Å². The van der Waals surface area contributed by atoms with Gasteiger partial charge in [0.05, 0.1) is 9.79 Å². The summed E-state index contributed by atoms with van der Waals surface area (Å²) in [6.45, 7) is 4.27. The first-order valence-corrected chi connectivity index (χ1v) is 17.8. The minimum atomic E-state index is -3.73. The third-order valence-corrected chi connectivity index (χ3v) is 10.3. The number of nitrogens with two attached hydrogens (primary N) is 2. The van der Waals surface area contributed by atoms with Crippen molar-refractivity contribution >= 4 is 21.2 Å². The third-order valence-electron chi connectivity index (χ3n) is 8.48. The molecule has 0 fully saturated rings. The SMILES string of the molecule is CC(C=C1C=CC(Oc2ccc(S(=O)(=O)c3ccc(OC4C=CC(=CC(C)c5cccc(N)c5)C=C4)cc3)cc2)C=C1)c1cccc(N)c1. The van der Waals surface area contributed by atoms with Gasteiger partial charge in [-0.2, -0.15) is 0 Å². The van der Waals surface area contributed by atoms with E-state index >= 15 is 0 Å². The molecule has 49 heavy (non-hydrogen) atoms. The van der Waals surface area contributed by atoms with Crippen molar-refractivity contribution in [2.24, 2.45) is 0 Å². The van der Waals surface area contributed by atoms with Crippen LogP contribution in [-0.2, 0) is 9.84 Å². The number of sulfone groups is 1. The largest absolute Gasteiger partial charge is 0.482 e. The Balaban J connectivity index is 1.02. The zero-order valence-corrected chi connectivity index (χ0v) is 28.3. The lowest BCUT2D eigenvalue weighted by atomic mass is 9.96. The van der Waals surface area contributed by atoms with E-state index in [2.05, 4.69) is 38.1 Å². The van der Waals surface area contributed by atoms with Crippen LogP contribution in [0.1, 0.15) is 36.8 Å². The number of rotatable bonds is 10. The fourth-order valence-corrected chi connectivity index (χ4v) is 7.00. The molecule has 0 saturated carbocycles. The normalized spacial score (nSPS) is 18.2. The summed E-state index contributed by atoms with van der Waals surface area (Å²) >= 11 is 0. The second kappa shape index (κ2) is 14.7. The van der Waals surface area contributed by atoms with Gasteiger partial charge in [0.25, 0.3) is 0 Å². The lowest BCUT2D eigenvalue weighted by Gasteiger charge is -2.17. The summed E-state index contributed by atoms with van der Waals surface area (Å²) < 4.78 is 38.9. The molecule has 0 radical (unpaired) electrons. The van der Waals surface area contributed by atoms with Gasteiger partial charge in [-0.15, -0.1) is 0 Å². The number of hydrogen-bond donors (Lipinski definition) is 2. The Bertz CT molecular complexity index is 1910. The summed E-state index contributed by atoms with van der Waals surface area (Å²) in [5.74, 6) is 1.57. The van der Waals surface area contributed by atoms with E-state index in [0.29, 0.717) is 11.5 Å². The van der Waals surface area contributed by atoms with Gasteiger partial charge in [0.15, 0.2) is 0 Å². The van der Waals surface area contributed by atoms with Gasteiger partial charge in [0.2, 0.25) is 9.84 Å². The van der Waals surface area contributed by atoms with Crippen LogP contribution in [0.15, 0.2) is 179 Å². The van der Waals surface area contributed by atoms with E-state index in [4.69, 9.17) is 20.9 Å². The first-order chi connectivity index (χ1) is 23.6. The van der Waals surface area contributed by atoms with E-state index in [1.54, 1.807) is 48.5 Å². The van der Waals surface area contributed by atoms with Crippen molar-refractivity contribution in [2.75, 3.05) is 11.5 Å². The molecule has 6 rings (SSSR count). The molecule has 2 aliphatic rings. The molecule has 4 N–H and O–H groups in total. The van der Waals surface area contributed by atoms with Gasteiger partial charge < -0.3 is 20.9 Å². The van der Waals surface area contributed by atoms with Gasteiger partial charge >= 0.3 is 0 Å². The fraction of sp³-hybridized carbons (Fsp3) is 0.143. The van der Waals surface area contributed by atoms with Crippen LogP contribution in [0.5, 0.6) is 11.5 Å². The summed E-state index contributed by atoms with van der Waals surface area (Å²) in [7, 11) is -3.73. The Morgan fingerprint density at radius 2 is 0.939 bits per heavy atom. The van der Waals surface area contributed by atoms with Crippen LogP contribution in [0.2, 0.25) is 0 Å². The molecule has 2 atom stereocenters. The molecule has 2 unspecified atom stereocenters. The maximum Gasteiger partial charge on any atom is 0.206 e. The van der Waals surface area contributed by atoms with E-state index < -0.39 is 9.84 Å². The summed E-state index contributed by atoms with van der Waals surface area (Å²) in [6.07, 6.45) is 19.9. The van der Waals surface area contributed by atoms with E-state index in [1.165, 1.54) is 0 Å². The maximum absolute atomic E-state index is 13.4. The van der Waals surface area contributed by atoms with E-state index in [1.807, 2.05) is 85.0 Å². The summed E-state index contributed by atoms with van der Waals surface area (Å²) in [4.78, 5) is 0.378. The number of ether oxygens (including phenoxy) is 2. The zero-order chi connectivity index (χ0) is 34.4. The summed E-state index contributed by atoms with van der Waals surface area (Å²) in [6, 6.07) is 28.8. The molecular weight excluding hydrogens is 629 g/mol. The van der Waals surface area contributed by atoms with Crippen molar-refractivity contribution in [2.45, 2.75) is 47.7 Å². The fourth-order valence-electron chi connectivity index (χ4n) is 5.74. The number of allylic oxidation sites excluding steroid dienone is 8. The van der Waals surface area contributed by atoms with Crippen molar-refractivity contribution < 1.29 is 17.9 Å². The highest BCUT2D eigenvalue weighted by molar-refractivity contribution is 7.91. The third kappa shape index (κ3) is 8.50. The van der Waals surface area contributed by atoms with E-state index in [9.17, 15) is 8.42 Å². The van der Waals surface area contributed by atoms with Crippen LogP contribution in [0.3, 0.4) is 0 Å². The molecule has 0 saturated heterocycles. The molecule has 7 heteroatoms. The summed E-state index contributed by atoms with van der Waals surface area (Å²) in [5, 5.41) is 0. The van der Waals surface area contributed by atoms with Gasteiger partial charge in [-0.05, 0) is 131 Å². The Kier molecular flexibility index (Phi) is 10.0. The minimum Gasteiger partial charge on any atom is -0.482 e. The molecule has 4 aromatic carbocycles. The first-order valence-electron chi connectivity index (χ1n) is 16.3. The molecule has 248 valence electrons. The van der Waals surface area contributed by atoms with Crippen molar-refractivity contribution in [3.63, 3.8) is 0 Å². The van der Waals surface area contributed by atoms with E-state index in [0.717, 1.165) is 33.6 Å². The zero-order valence-electron chi connectivity index (χ0n) is 27.5. The van der Waals surface area contributed by atoms with Crippen molar-refractivity contribution in [3.05, 3.63) is 180 Å². The van der Waals surface area contributed by atoms with Crippen molar-refractivity contribution in [1.82, 2.24) is 0 Å². The molecule has 0 amide bonds. The highest BCUT2D eigenvalue weighted by atomic mass is 32.2. The highest BCUT2D eigenvalue weighted by Gasteiger charge is 2.19. The van der Waals surface area contributed by atoms with Crippen molar-refractivity contribution in [1.29, 1.82) is 0 Å². The van der Waals surface area contributed by atoms with Gasteiger partial charge in [-0.3, -0.25) is 0 Å². The Hall–Kier alpha value is -5.53. The average molecular weight is 669 g/mol. The Labute approximate surface area is 289 Å². The lowest BCUT2D eigenvalue weighted by molar-refractivity contribution is 0.295. The van der Waals surface area contributed by atoms with Gasteiger partial charge in [-0.25, -0.2) is 8.42 Å². The Morgan fingerprint density at radius 1 is 0.571 bits per heavy atom. The van der Waals surface area contributed by atoms with E-state index in [-0.39, 0.29) is 33.8 Å². The summed E-state index contributed by atoms with van der Waals surface area (Å²) in [5.41, 5.74) is 17.9. The standard InChI is InChI=1S/C42H40N2O4S/c1-29(33-5-3-7-35(43)27-33)25-31-9-13-37(14-10-31)47-39-17-21-41(22-18-39)49(45,46)42-23-19-40(20-24-42)48-38-15-11-32(12-16-38)26-30(2)34-6-4-8-36(44)28-34/h3-30,37-38H,43-44H2,1-2H3. The van der Waals surface area contributed by atoms with Gasteiger partial charge in [-0.1, -0.05) is 74.6 Å². The quantitative estimate of drug-likeness (QED) is 0.164. The van der Waals surface area contributed by atoms with Crippen LogP contribution >= 0.6 is 0 Å². The predicted molar refractivity (Wildman–Crippen MR) is 198 cm³/mol. The highest BCUT2D eigenvalue weighted by Crippen LogP contribution is 2.28. The molecule has 6 nitrogen and oxygen atoms in total. The van der Waals surface area contributed by atoms with Crippen LogP contribution in [-0.4, -0.2) is 20.6 Å². The Morgan fingerprint density at radius 3 is 1.29 bits per heavy atom. The van der Waals surface area contributed by atoms with Crippen LogP contribution in [0, 0.1) is 0 Å². The molecule has 4 aromatic rings. The molecule has 0 aliphatic heterocycles. The number of benzene rings is 4. The van der Waals surface area contributed by atoms with Crippen molar-refractivity contribution in [3.8, 4) is 11.5 Å². The topological polar surface area (TPSA) is 105 Å². The number of anilines is 2. The number of nitrogen functional groups attached to an aromatic ring is 2. The van der Waals surface area contributed by atoms with Crippen LogP contribution in [0.4, 0.5) is 11.4 Å². The van der Waals surface area contributed by atoms with Crippen LogP contribution < -0.4 is 20.9 Å². The molecule has 0 bridgehead atoms. The second-order valence-electron chi connectivity index (χ2n) is 12.3. The predicted octanol–water partition coefficient (Wildman–Crippen LogP) is 8.89. The second-order valence-corrected chi connectivity index (χ2v) is 14.2. The van der Waals surface area contributed by atoms with Crippen LogP contribution in [0.25, 0.3) is 0 Å². The molecule has 0 heterocycles. The molecule has 2 aliphatic carbocycles. The molecule has 0 aromatic heterocycles. The molecule has 0 spiro atoms. The smallest absolute Gasteiger partial charge is 0.206 e. The van der Waals surface area contributed by atoms with Gasteiger partial charge in [0, 0.05) is 11.4 Å². The average Bonchev–Trinajstić information content (AvgIpc) is 3.10. The first kappa shape index (κ1) is 33.4. The maximum atomic E-state index is 13.4. The monoisotopic (exact) mass is 668 g/mol. The minimum absolute atomic E-state index is 0.189.